The van der Waals surface area contributed by atoms with Crippen LogP contribution in [-0.4, -0.2) is 19.5 Å². The molecule has 1 aliphatic rings. The monoisotopic (exact) mass is 127 g/mol. The molecule has 0 atom stereocenters. The SMILES string of the molecule is N#CCCC1OCCO1. The molecule has 0 aromatic rings. The topological polar surface area (TPSA) is 42.2 Å². The number of hydrogen-bond acceptors (Lipinski definition) is 3. The van der Waals surface area contributed by atoms with Gasteiger partial charge in [0.25, 0.3) is 0 Å². The molecule has 1 rings (SSSR count). The summed E-state index contributed by atoms with van der Waals surface area (Å²) in [6, 6.07) is 2.03. The predicted molar refractivity (Wildman–Crippen MR) is 30.5 cm³/mol. The lowest BCUT2D eigenvalue weighted by Crippen LogP contribution is -2.05. The quantitative estimate of drug-likeness (QED) is 0.547. The standard InChI is InChI=1S/C6H9NO2/c7-3-1-2-6-8-4-5-9-6/h6H,1-2,4-5H2. The molecule has 1 heterocycles. The van der Waals surface area contributed by atoms with Gasteiger partial charge in [-0.25, -0.2) is 0 Å². The minimum absolute atomic E-state index is 0.107. The minimum Gasteiger partial charge on any atom is -0.350 e. The Morgan fingerprint density at radius 2 is 2.11 bits per heavy atom. The van der Waals surface area contributed by atoms with E-state index in [2.05, 4.69) is 0 Å². The van der Waals surface area contributed by atoms with Crippen LogP contribution in [0.5, 0.6) is 0 Å². The second kappa shape index (κ2) is 3.44. The molecule has 9 heavy (non-hydrogen) atoms. The first-order chi connectivity index (χ1) is 4.43. The third kappa shape index (κ3) is 2.00. The van der Waals surface area contributed by atoms with Crippen LogP contribution in [0.3, 0.4) is 0 Å². The molecular formula is C6H9NO2. The van der Waals surface area contributed by atoms with Crippen molar-refractivity contribution < 1.29 is 9.47 Å². The maximum absolute atomic E-state index is 8.17. The van der Waals surface area contributed by atoms with Crippen molar-refractivity contribution in [1.29, 1.82) is 5.26 Å². The van der Waals surface area contributed by atoms with Crippen LogP contribution in [0.25, 0.3) is 0 Å². The van der Waals surface area contributed by atoms with E-state index >= 15 is 0 Å². The Morgan fingerprint density at radius 1 is 1.44 bits per heavy atom. The van der Waals surface area contributed by atoms with E-state index in [1.54, 1.807) is 0 Å². The molecule has 0 aromatic carbocycles. The molecule has 0 unspecified atom stereocenters. The van der Waals surface area contributed by atoms with Gasteiger partial charge in [0.1, 0.15) is 0 Å². The largest absolute Gasteiger partial charge is 0.350 e. The third-order valence-corrected chi connectivity index (χ3v) is 1.18. The maximum Gasteiger partial charge on any atom is 0.158 e. The second-order valence-electron chi connectivity index (χ2n) is 1.87. The van der Waals surface area contributed by atoms with Crippen LogP contribution in [0.1, 0.15) is 12.8 Å². The Labute approximate surface area is 54.2 Å². The first kappa shape index (κ1) is 6.53. The van der Waals surface area contributed by atoms with Gasteiger partial charge in [-0.05, 0) is 0 Å². The third-order valence-electron chi connectivity index (χ3n) is 1.18. The Kier molecular flexibility index (Phi) is 2.49. The van der Waals surface area contributed by atoms with E-state index in [1.165, 1.54) is 0 Å². The molecule has 3 nitrogen and oxygen atoms in total. The van der Waals surface area contributed by atoms with Gasteiger partial charge >= 0.3 is 0 Å². The van der Waals surface area contributed by atoms with Crippen molar-refractivity contribution in [2.24, 2.45) is 0 Å². The van der Waals surface area contributed by atoms with Crippen molar-refractivity contribution in [3.63, 3.8) is 0 Å². The first-order valence-corrected chi connectivity index (χ1v) is 3.03. The van der Waals surface area contributed by atoms with Gasteiger partial charge in [0.15, 0.2) is 6.29 Å². The highest BCUT2D eigenvalue weighted by Crippen LogP contribution is 2.08. The fourth-order valence-electron chi connectivity index (χ4n) is 0.756. The summed E-state index contributed by atoms with van der Waals surface area (Å²) in [6.07, 6.45) is 1.12. The summed E-state index contributed by atoms with van der Waals surface area (Å²) in [5, 5.41) is 8.17. The summed E-state index contributed by atoms with van der Waals surface area (Å²) < 4.78 is 10.2. The lowest BCUT2D eigenvalue weighted by atomic mass is 10.3. The fraction of sp³-hybridized carbons (Fsp3) is 0.833. The zero-order chi connectivity index (χ0) is 6.53. The van der Waals surface area contributed by atoms with E-state index in [4.69, 9.17) is 14.7 Å². The van der Waals surface area contributed by atoms with Gasteiger partial charge in [0, 0.05) is 12.8 Å². The molecule has 0 saturated carbocycles. The number of ether oxygens (including phenoxy) is 2. The highest BCUT2D eigenvalue weighted by Gasteiger charge is 2.14. The normalized spacial score (nSPS) is 19.9. The summed E-state index contributed by atoms with van der Waals surface area (Å²) in [6.45, 7) is 1.35. The highest BCUT2D eigenvalue weighted by molar-refractivity contribution is 4.70. The van der Waals surface area contributed by atoms with Gasteiger partial charge in [-0.3, -0.25) is 0 Å². The molecule has 0 N–H and O–H groups in total. The summed E-state index contributed by atoms with van der Waals surface area (Å²) in [5.74, 6) is 0. The van der Waals surface area contributed by atoms with Crippen LogP contribution in [0.2, 0.25) is 0 Å². The first-order valence-electron chi connectivity index (χ1n) is 3.03. The zero-order valence-corrected chi connectivity index (χ0v) is 5.17. The van der Waals surface area contributed by atoms with E-state index in [0.717, 1.165) is 0 Å². The molecule has 0 amide bonds. The molecule has 1 saturated heterocycles. The Hall–Kier alpha value is -0.590. The van der Waals surface area contributed by atoms with Gasteiger partial charge in [0.2, 0.25) is 0 Å². The van der Waals surface area contributed by atoms with Crippen molar-refractivity contribution in [3.05, 3.63) is 0 Å². The van der Waals surface area contributed by atoms with Crippen LogP contribution in [0.4, 0.5) is 0 Å². The summed E-state index contributed by atoms with van der Waals surface area (Å²) in [7, 11) is 0. The van der Waals surface area contributed by atoms with E-state index < -0.39 is 0 Å². The number of rotatable bonds is 2. The maximum atomic E-state index is 8.17. The molecule has 1 aliphatic heterocycles. The Bertz CT molecular complexity index is 113. The molecule has 0 spiro atoms. The van der Waals surface area contributed by atoms with Crippen LogP contribution >= 0.6 is 0 Å². The smallest absolute Gasteiger partial charge is 0.158 e. The summed E-state index contributed by atoms with van der Waals surface area (Å²) in [5.41, 5.74) is 0. The van der Waals surface area contributed by atoms with Crippen LogP contribution in [-0.2, 0) is 9.47 Å². The molecule has 1 fully saturated rings. The minimum atomic E-state index is -0.107. The lowest BCUT2D eigenvalue weighted by molar-refractivity contribution is -0.0454. The Balaban J connectivity index is 2.06. The molecular weight excluding hydrogens is 118 g/mol. The van der Waals surface area contributed by atoms with Crippen molar-refractivity contribution in [2.75, 3.05) is 13.2 Å². The number of nitrogens with zero attached hydrogens (tertiary/aromatic N) is 1. The van der Waals surface area contributed by atoms with Crippen LogP contribution in [0.15, 0.2) is 0 Å². The lowest BCUT2D eigenvalue weighted by Gasteiger charge is -2.03. The van der Waals surface area contributed by atoms with Gasteiger partial charge in [-0.1, -0.05) is 0 Å². The molecule has 50 valence electrons. The van der Waals surface area contributed by atoms with Crippen LogP contribution in [0, 0.1) is 11.3 Å². The second-order valence-corrected chi connectivity index (χ2v) is 1.87. The van der Waals surface area contributed by atoms with Crippen molar-refractivity contribution >= 4 is 0 Å². The molecule has 3 heteroatoms. The summed E-state index contributed by atoms with van der Waals surface area (Å²) >= 11 is 0. The average molecular weight is 127 g/mol. The highest BCUT2D eigenvalue weighted by atomic mass is 16.7. The van der Waals surface area contributed by atoms with Crippen LogP contribution < -0.4 is 0 Å². The van der Waals surface area contributed by atoms with E-state index in [1.807, 2.05) is 6.07 Å². The molecule has 0 radical (unpaired) electrons. The van der Waals surface area contributed by atoms with Gasteiger partial charge in [-0.2, -0.15) is 5.26 Å². The van der Waals surface area contributed by atoms with Crippen molar-refractivity contribution in [1.82, 2.24) is 0 Å². The van der Waals surface area contributed by atoms with E-state index in [9.17, 15) is 0 Å². The number of nitriles is 1. The molecule has 0 bridgehead atoms. The molecule has 0 aliphatic carbocycles. The van der Waals surface area contributed by atoms with Gasteiger partial charge in [-0.15, -0.1) is 0 Å². The van der Waals surface area contributed by atoms with Gasteiger partial charge < -0.3 is 9.47 Å². The number of hydrogen-bond donors (Lipinski definition) is 0. The fourth-order valence-corrected chi connectivity index (χ4v) is 0.756. The summed E-state index contributed by atoms with van der Waals surface area (Å²) in [4.78, 5) is 0. The van der Waals surface area contributed by atoms with Crippen molar-refractivity contribution in [2.45, 2.75) is 19.1 Å². The van der Waals surface area contributed by atoms with E-state index in [0.29, 0.717) is 26.1 Å². The molecule has 0 aromatic heterocycles. The van der Waals surface area contributed by atoms with E-state index in [-0.39, 0.29) is 6.29 Å². The van der Waals surface area contributed by atoms with Crippen molar-refractivity contribution in [3.8, 4) is 6.07 Å². The van der Waals surface area contributed by atoms with Gasteiger partial charge in [0.05, 0.1) is 19.3 Å². The average Bonchev–Trinajstić information content (AvgIpc) is 2.34. The predicted octanol–water partition coefficient (Wildman–Crippen LogP) is 0.663. The Morgan fingerprint density at radius 3 is 2.67 bits per heavy atom. The zero-order valence-electron chi connectivity index (χ0n) is 5.17.